The maximum Gasteiger partial charge on any atom is 0.410 e. The van der Waals surface area contributed by atoms with E-state index in [9.17, 15) is 4.79 Å². The van der Waals surface area contributed by atoms with Crippen molar-refractivity contribution in [3.8, 4) is 5.75 Å². The van der Waals surface area contributed by atoms with E-state index in [1.165, 1.54) is 11.1 Å². The van der Waals surface area contributed by atoms with Crippen molar-refractivity contribution in [2.75, 3.05) is 45.2 Å². The number of ether oxygens (including phenoxy) is 2. The highest BCUT2D eigenvalue weighted by molar-refractivity contribution is 5.68. The second-order valence-electron chi connectivity index (χ2n) is 8.97. The number of amides is 1. The van der Waals surface area contributed by atoms with Crippen molar-refractivity contribution in [1.29, 1.82) is 0 Å². The highest BCUT2D eigenvalue weighted by Crippen LogP contribution is 2.16. The van der Waals surface area contributed by atoms with Gasteiger partial charge in [0.2, 0.25) is 0 Å². The number of anilines is 1. The Bertz CT molecular complexity index is 821. The van der Waals surface area contributed by atoms with E-state index in [4.69, 9.17) is 9.47 Å². The fraction of sp³-hybridized carbons (Fsp3) is 0.480. The first kappa shape index (κ1) is 22.9. The molecule has 6 heteroatoms. The normalized spacial score (nSPS) is 14.9. The zero-order valence-electron chi connectivity index (χ0n) is 19.2. The van der Waals surface area contributed by atoms with E-state index in [1.54, 1.807) is 12.0 Å². The quantitative estimate of drug-likeness (QED) is 0.712. The number of hydrogen-bond donors (Lipinski definition) is 1. The summed E-state index contributed by atoms with van der Waals surface area (Å²) in [7, 11) is 1.68. The van der Waals surface area contributed by atoms with Crippen LogP contribution in [0.2, 0.25) is 0 Å². The monoisotopic (exact) mass is 425 g/mol. The number of nitrogens with one attached hydrogen (secondary N) is 1. The van der Waals surface area contributed by atoms with E-state index < -0.39 is 5.60 Å². The van der Waals surface area contributed by atoms with Crippen molar-refractivity contribution in [2.24, 2.45) is 0 Å². The predicted molar refractivity (Wildman–Crippen MR) is 125 cm³/mol. The van der Waals surface area contributed by atoms with Gasteiger partial charge in [-0.1, -0.05) is 24.3 Å². The molecule has 1 saturated heterocycles. The molecule has 2 aromatic carbocycles. The van der Waals surface area contributed by atoms with E-state index in [0.717, 1.165) is 44.0 Å². The molecule has 0 aromatic heterocycles. The van der Waals surface area contributed by atoms with E-state index in [0.29, 0.717) is 13.1 Å². The number of hydrogen-bond acceptors (Lipinski definition) is 5. The number of methoxy groups -OCH3 is 1. The summed E-state index contributed by atoms with van der Waals surface area (Å²) < 4.78 is 10.7. The molecule has 0 unspecified atom stereocenters. The minimum Gasteiger partial charge on any atom is -0.497 e. The Morgan fingerprint density at radius 3 is 2.13 bits per heavy atom. The lowest BCUT2D eigenvalue weighted by molar-refractivity contribution is 0.0139. The van der Waals surface area contributed by atoms with Crippen LogP contribution in [-0.2, 0) is 17.7 Å². The lowest BCUT2D eigenvalue weighted by atomic mass is 10.1. The standard InChI is InChI=1S/C25H35N3O3/c1-25(2,3)31-24(29)28-17-15-27(16-18-28)19-21-7-5-20(6-8-21)13-14-26-22-9-11-23(30-4)12-10-22/h5-12,26H,13-19H2,1-4H3. The molecule has 0 saturated carbocycles. The molecule has 1 N–H and O–H groups in total. The Balaban J connectivity index is 1.39. The van der Waals surface area contributed by atoms with Gasteiger partial charge >= 0.3 is 6.09 Å². The van der Waals surface area contributed by atoms with Gasteiger partial charge in [-0.25, -0.2) is 4.79 Å². The van der Waals surface area contributed by atoms with E-state index in [-0.39, 0.29) is 6.09 Å². The zero-order valence-corrected chi connectivity index (χ0v) is 19.2. The summed E-state index contributed by atoms with van der Waals surface area (Å²) in [4.78, 5) is 16.4. The van der Waals surface area contributed by atoms with Gasteiger partial charge in [0.25, 0.3) is 0 Å². The molecule has 6 nitrogen and oxygen atoms in total. The lowest BCUT2D eigenvalue weighted by Gasteiger charge is -2.35. The maximum atomic E-state index is 12.2. The van der Waals surface area contributed by atoms with Crippen molar-refractivity contribution in [1.82, 2.24) is 9.80 Å². The molecule has 1 amide bonds. The van der Waals surface area contributed by atoms with Crippen molar-refractivity contribution in [2.45, 2.75) is 39.3 Å². The topological polar surface area (TPSA) is 54.0 Å². The van der Waals surface area contributed by atoms with Gasteiger partial charge in [0.1, 0.15) is 11.4 Å². The van der Waals surface area contributed by atoms with Gasteiger partial charge in [-0.3, -0.25) is 4.90 Å². The van der Waals surface area contributed by atoms with E-state index >= 15 is 0 Å². The number of rotatable bonds is 7. The minimum absolute atomic E-state index is 0.209. The number of carbonyl (C=O) groups excluding carboxylic acids is 1. The maximum absolute atomic E-state index is 12.2. The first-order chi connectivity index (χ1) is 14.8. The third kappa shape index (κ3) is 7.47. The molecule has 31 heavy (non-hydrogen) atoms. The lowest BCUT2D eigenvalue weighted by Crippen LogP contribution is -2.49. The van der Waals surface area contributed by atoms with Gasteiger partial charge in [0.05, 0.1) is 7.11 Å². The molecule has 1 heterocycles. The summed E-state index contributed by atoms with van der Waals surface area (Å²) in [5.41, 5.74) is 3.28. The van der Waals surface area contributed by atoms with Gasteiger partial charge in [0.15, 0.2) is 0 Å². The molecule has 1 aliphatic rings. The summed E-state index contributed by atoms with van der Waals surface area (Å²) in [5.74, 6) is 0.868. The predicted octanol–water partition coefficient (Wildman–Crippen LogP) is 4.40. The molecule has 0 bridgehead atoms. The Hall–Kier alpha value is -2.73. The van der Waals surface area contributed by atoms with Crippen LogP contribution in [0.15, 0.2) is 48.5 Å². The van der Waals surface area contributed by atoms with Crippen molar-refractivity contribution in [3.63, 3.8) is 0 Å². The van der Waals surface area contributed by atoms with Gasteiger partial charge in [-0.15, -0.1) is 0 Å². The molecule has 1 fully saturated rings. The van der Waals surface area contributed by atoms with Crippen LogP contribution >= 0.6 is 0 Å². The molecular weight excluding hydrogens is 390 g/mol. The summed E-state index contributed by atoms with van der Waals surface area (Å²) >= 11 is 0. The van der Waals surface area contributed by atoms with Crippen molar-refractivity contribution >= 4 is 11.8 Å². The number of carbonyl (C=O) groups is 1. The fourth-order valence-electron chi connectivity index (χ4n) is 3.54. The average Bonchev–Trinajstić information content (AvgIpc) is 2.75. The van der Waals surface area contributed by atoms with Crippen LogP contribution in [0.4, 0.5) is 10.5 Å². The van der Waals surface area contributed by atoms with E-state index in [1.807, 2.05) is 45.0 Å². The Morgan fingerprint density at radius 1 is 0.935 bits per heavy atom. The molecule has 3 rings (SSSR count). The smallest absolute Gasteiger partial charge is 0.410 e. The summed E-state index contributed by atoms with van der Waals surface area (Å²) in [6.07, 6.45) is 0.765. The Kier molecular flexibility index (Phi) is 7.80. The van der Waals surface area contributed by atoms with Gasteiger partial charge in [0, 0.05) is 45.0 Å². The fourth-order valence-corrected chi connectivity index (χ4v) is 3.54. The van der Waals surface area contributed by atoms with Crippen LogP contribution in [0.25, 0.3) is 0 Å². The SMILES string of the molecule is COc1ccc(NCCc2ccc(CN3CCN(C(=O)OC(C)(C)C)CC3)cc2)cc1. The molecule has 0 spiro atoms. The molecule has 168 valence electrons. The summed E-state index contributed by atoms with van der Waals surface area (Å²) in [5, 5.41) is 3.45. The van der Waals surface area contributed by atoms with Gasteiger partial charge in [-0.05, 0) is 62.6 Å². The second kappa shape index (κ2) is 10.5. The number of nitrogens with zero attached hydrogens (tertiary/aromatic N) is 2. The van der Waals surface area contributed by atoms with Crippen LogP contribution < -0.4 is 10.1 Å². The van der Waals surface area contributed by atoms with Crippen molar-refractivity contribution < 1.29 is 14.3 Å². The summed E-state index contributed by atoms with van der Waals surface area (Å²) in [6, 6.07) is 16.8. The van der Waals surface area contributed by atoms with Gasteiger partial charge < -0.3 is 19.7 Å². The van der Waals surface area contributed by atoms with Gasteiger partial charge in [-0.2, -0.15) is 0 Å². The van der Waals surface area contributed by atoms with Crippen LogP contribution in [0.5, 0.6) is 5.75 Å². The Labute approximate surface area is 186 Å². The largest absolute Gasteiger partial charge is 0.497 e. The average molecular weight is 426 g/mol. The van der Waals surface area contributed by atoms with Crippen LogP contribution in [0.3, 0.4) is 0 Å². The van der Waals surface area contributed by atoms with Crippen LogP contribution in [-0.4, -0.2) is 61.3 Å². The molecular formula is C25H35N3O3. The highest BCUT2D eigenvalue weighted by Gasteiger charge is 2.25. The highest BCUT2D eigenvalue weighted by atomic mass is 16.6. The summed E-state index contributed by atoms with van der Waals surface area (Å²) in [6.45, 7) is 10.7. The minimum atomic E-state index is -0.444. The first-order valence-corrected chi connectivity index (χ1v) is 11.0. The Morgan fingerprint density at radius 2 is 1.55 bits per heavy atom. The number of piperazine rings is 1. The second-order valence-corrected chi connectivity index (χ2v) is 8.97. The molecule has 0 aliphatic carbocycles. The first-order valence-electron chi connectivity index (χ1n) is 11.0. The zero-order chi connectivity index (χ0) is 22.3. The molecule has 0 atom stereocenters. The molecule has 2 aromatic rings. The van der Waals surface area contributed by atoms with E-state index in [2.05, 4.69) is 34.5 Å². The number of benzene rings is 2. The van der Waals surface area contributed by atoms with Crippen molar-refractivity contribution in [3.05, 3.63) is 59.7 Å². The molecule has 0 radical (unpaired) electrons. The van der Waals surface area contributed by atoms with Crippen LogP contribution in [0, 0.1) is 0 Å². The third-order valence-corrected chi connectivity index (χ3v) is 5.29. The third-order valence-electron chi connectivity index (χ3n) is 5.29. The van der Waals surface area contributed by atoms with Crippen LogP contribution in [0.1, 0.15) is 31.9 Å². The molecule has 1 aliphatic heterocycles.